The molecule has 1 heterocycles. The molecule has 13 heteroatoms. The molecule has 0 unspecified atom stereocenters. The number of amides is 3. The van der Waals surface area contributed by atoms with Gasteiger partial charge in [0, 0.05) is 32.9 Å². The Hall–Kier alpha value is -2.34. The summed E-state index contributed by atoms with van der Waals surface area (Å²) in [4.78, 5) is 64.4. The van der Waals surface area contributed by atoms with E-state index in [9.17, 15) is 29.3 Å². The number of hydrogen-bond donors (Lipinski definition) is 0. The fourth-order valence-electron chi connectivity index (χ4n) is 5.58. The third-order valence-corrected chi connectivity index (χ3v) is 11.2. The maximum Gasteiger partial charge on any atom is 0.273 e. The highest BCUT2D eigenvalue weighted by Gasteiger charge is 2.67. The van der Waals surface area contributed by atoms with Crippen molar-refractivity contribution in [2.45, 2.75) is 16.1 Å². The molecule has 0 aromatic heterocycles. The highest BCUT2D eigenvalue weighted by molar-refractivity contribution is 9.12. The molecular formula is C24H17Br2Cl2N3O6. The average Bonchev–Trinajstić information content (AvgIpc) is 3.48. The van der Waals surface area contributed by atoms with E-state index >= 15 is 0 Å². The Balaban J connectivity index is 1.50. The van der Waals surface area contributed by atoms with E-state index in [0.717, 1.165) is 10.0 Å². The van der Waals surface area contributed by atoms with Gasteiger partial charge in [0.05, 0.1) is 26.8 Å². The van der Waals surface area contributed by atoms with Crippen LogP contribution in [-0.4, -0.2) is 54.6 Å². The molecule has 2 saturated carbocycles. The first kappa shape index (κ1) is 26.3. The minimum absolute atomic E-state index is 0.00332. The molecule has 3 amide bonds. The summed E-state index contributed by atoms with van der Waals surface area (Å²) in [6.07, 6.45) is 0.703. The van der Waals surface area contributed by atoms with E-state index in [1.165, 1.54) is 42.5 Å². The van der Waals surface area contributed by atoms with Gasteiger partial charge in [0.15, 0.2) is 5.78 Å². The summed E-state index contributed by atoms with van der Waals surface area (Å²) >= 11 is 19.3. The molecule has 0 N–H and O–H groups in total. The van der Waals surface area contributed by atoms with Gasteiger partial charge < -0.3 is 0 Å². The number of carbonyl (C=O) groups excluding carboxylic acids is 4. The summed E-state index contributed by atoms with van der Waals surface area (Å²) < 4.78 is 0. The zero-order valence-corrected chi connectivity index (χ0v) is 23.4. The second kappa shape index (κ2) is 9.76. The van der Waals surface area contributed by atoms with Gasteiger partial charge in [-0.2, -0.15) is 5.01 Å². The number of ketones is 1. The van der Waals surface area contributed by atoms with Crippen molar-refractivity contribution in [3.05, 3.63) is 73.8 Å². The van der Waals surface area contributed by atoms with Crippen LogP contribution in [0, 0.1) is 33.8 Å². The molecule has 2 aromatic rings. The van der Waals surface area contributed by atoms with Crippen molar-refractivity contribution in [3.8, 4) is 0 Å². The van der Waals surface area contributed by atoms with Crippen LogP contribution in [-0.2, 0) is 9.59 Å². The molecule has 2 bridgehead atoms. The van der Waals surface area contributed by atoms with Crippen LogP contribution in [0.25, 0.3) is 0 Å². The van der Waals surface area contributed by atoms with Crippen molar-refractivity contribution in [1.82, 2.24) is 10.0 Å². The number of fused-ring (bicyclic) bond motifs is 5. The lowest BCUT2D eigenvalue weighted by Crippen LogP contribution is -2.52. The fraction of sp³-hybridized carbons (Fsp3) is 0.333. The molecule has 2 aromatic carbocycles. The third-order valence-electron chi connectivity index (χ3n) is 7.30. The zero-order chi connectivity index (χ0) is 26.8. The molecule has 5 rings (SSSR count). The quantitative estimate of drug-likeness (QED) is 0.141. The summed E-state index contributed by atoms with van der Waals surface area (Å²) in [6.45, 7) is -0.640. The third kappa shape index (κ3) is 4.29. The number of nitrogens with zero attached hydrogens (tertiary/aromatic N) is 3. The molecule has 6 atom stereocenters. The van der Waals surface area contributed by atoms with Gasteiger partial charge in [-0.1, -0.05) is 55.1 Å². The second-order valence-corrected chi connectivity index (χ2v) is 12.1. The first-order valence-electron chi connectivity index (χ1n) is 11.2. The summed E-state index contributed by atoms with van der Waals surface area (Å²) in [6, 6.07) is 8.94. The van der Waals surface area contributed by atoms with E-state index in [0.29, 0.717) is 6.42 Å². The Bertz CT molecular complexity index is 1320. The molecule has 0 radical (unpaired) electrons. The molecule has 3 aliphatic rings. The van der Waals surface area contributed by atoms with Gasteiger partial charge >= 0.3 is 0 Å². The predicted molar refractivity (Wildman–Crippen MR) is 141 cm³/mol. The fourth-order valence-corrected chi connectivity index (χ4v) is 7.75. The number of alkyl halides is 2. The largest absolute Gasteiger partial charge is 0.292 e. The Morgan fingerprint density at radius 1 is 0.946 bits per heavy atom. The Kier molecular flexibility index (Phi) is 6.93. The number of benzene rings is 2. The van der Waals surface area contributed by atoms with E-state index in [4.69, 9.17) is 23.2 Å². The maximum atomic E-state index is 13.6. The molecule has 1 aliphatic heterocycles. The number of carbonyl (C=O) groups is 4. The molecule has 9 nitrogen and oxygen atoms in total. The van der Waals surface area contributed by atoms with E-state index in [1.807, 2.05) is 0 Å². The standard InChI is InChI=1S/C24H17Br2Cl2N3O6/c25-20-13-8-14(21(20)26)19-18(13)23(34)30(24(19)35)29(22(33)11-3-6-15(27)16(28)7-11)9-17(32)10-1-4-12(5-2-10)31(36)37/h1-7,13-14,18-21H,8-9H2/t13-,14-,18-,19-,20+,21+/m1/s1. The first-order chi connectivity index (χ1) is 17.5. The van der Waals surface area contributed by atoms with Gasteiger partial charge in [-0.3, -0.25) is 29.3 Å². The van der Waals surface area contributed by atoms with Gasteiger partial charge in [-0.05, 0) is 48.6 Å². The van der Waals surface area contributed by atoms with Gasteiger partial charge in [-0.15, -0.1) is 0 Å². The van der Waals surface area contributed by atoms with Crippen LogP contribution in [0.4, 0.5) is 5.69 Å². The number of nitro benzene ring substituents is 1. The summed E-state index contributed by atoms with van der Waals surface area (Å²) in [7, 11) is 0. The minimum atomic E-state index is -0.784. The highest BCUT2D eigenvalue weighted by atomic mass is 79.9. The number of hydrogen-bond acceptors (Lipinski definition) is 6. The molecule has 37 heavy (non-hydrogen) atoms. The Labute approximate surface area is 237 Å². The molecular weight excluding hydrogens is 657 g/mol. The molecule has 1 saturated heterocycles. The van der Waals surface area contributed by atoms with Gasteiger partial charge in [-0.25, -0.2) is 5.01 Å². The highest BCUT2D eigenvalue weighted by Crippen LogP contribution is 2.60. The number of non-ortho nitro benzene ring substituents is 1. The van der Waals surface area contributed by atoms with Crippen molar-refractivity contribution in [2.75, 3.05) is 6.54 Å². The zero-order valence-electron chi connectivity index (χ0n) is 18.7. The lowest BCUT2D eigenvalue weighted by atomic mass is 9.81. The van der Waals surface area contributed by atoms with Crippen molar-refractivity contribution < 1.29 is 24.1 Å². The summed E-state index contributed by atoms with van der Waals surface area (Å²) in [5, 5.41) is 12.9. The molecule has 192 valence electrons. The van der Waals surface area contributed by atoms with Crippen molar-refractivity contribution in [3.63, 3.8) is 0 Å². The van der Waals surface area contributed by atoms with Crippen LogP contribution in [0.2, 0.25) is 10.0 Å². The van der Waals surface area contributed by atoms with Gasteiger partial charge in [0.2, 0.25) is 0 Å². The normalized spacial score (nSPS) is 27.9. The van der Waals surface area contributed by atoms with Gasteiger partial charge in [0.1, 0.15) is 6.54 Å². The smallest absolute Gasteiger partial charge is 0.273 e. The van der Waals surface area contributed by atoms with E-state index in [2.05, 4.69) is 31.9 Å². The average molecular weight is 674 g/mol. The topological polar surface area (TPSA) is 118 Å². The van der Waals surface area contributed by atoms with Crippen LogP contribution < -0.4 is 0 Å². The Morgan fingerprint density at radius 3 is 2.00 bits per heavy atom. The number of Topliss-reactive ketones (excluding diaryl/α,β-unsaturated/α-hetero) is 1. The number of hydrazine groups is 1. The Morgan fingerprint density at radius 2 is 1.49 bits per heavy atom. The lowest BCUT2D eigenvalue weighted by molar-refractivity contribution is -0.384. The molecule has 3 fully saturated rings. The maximum absolute atomic E-state index is 13.6. The predicted octanol–water partition coefficient (Wildman–Crippen LogP) is 4.92. The number of imide groups is 1. The van der Waals surface area contributed by atoms with Gasteiger partial charge in [0.25, 0.3) is 23.4 Å². The second-order valence-electron chi connectivity index (χ2n) is 9.21. The van der Waals surface area contributed by atoms with Crippen LogP contribution in [0.15, 0.2) is 42.5 Å². The number of nitro groups is 1. The van der Waals surface area contributed by atoms with Crippen LogP contribution in [0.5, 0.6) is 0 Å². The number of rotatable bonds is 6. The van der Waals surface area contributed by atoms with Crippen LogP contribution >= 0.6 is 55.1 Å². The van der Waals surface area contributed by atoms with Crippen molar-refractivity contribution in [2.24, 2.45) is 23.7 Å². The minimum Gasteiger partial charge on any atom is -0.292 e. The summed E-state index contributed by atoms with van der Waals surface area (Å²) in [5.74, 6) is -3.84. The van der Waals surface area contributed by atoms with Crippen molar-refractivity contribution in [1.29, 1.82) is 0 Å². The SMILES string of the molecule is O=C(CN(C(=O)c1ccc(Cl)c(Cl)c1)N1C(=O)[C@@H]2[C@H]3C[C@@H]([C@H](Br)[C@H]3Br)[C@H]2C1=O)c1ccc([N+](=O)[O-])cc1. The molecule has 0 spiro atoms. The van der Waals surface area contributed by atoms with E-state index < -0.39 is 46.8 Å². The van der Waals surface area contributed by atoms with E-state index in [-0.39, 0.29) is 48.3 Å². The van der Waals surface area contributed by atoms with Crippen LogP contribution in [0.3, 0.4) is 0 Å². The van der Waals surface area contributed by atoms with Crippen LogP contribution in [0.1, 0.15) is 27.1 Å². The first-order valence-corrected chi connectivity index (χ1v) is 13.8. The summed E-state index contributed by atoms with van der Waals surface area (Å²) in [5.41, 5.74) is -0.0941. The van der Waals surface area contributed by atoms with E-state index in [1.54, 1.807) is 0 Å². The number of halogens is 4. The molecule has 2 aliphatic carbocycles. The monoisotopic (exact) mass is 671 g/mol. The lowest BCUT2D eigenvalue weighted by Gasteiger charge is -2.31. The van der Waals surface area contributed by atoms with Crippen molar-refractivity contribution >= 4 is 84.3 Å².